The lowest BCUT2D eigenvalue weighted by atomic mass is 9.98. The second-order valence-corrected chi connectivity index (χ2v) is 7.91. The summed E-state index contributed by atoms with van der Waals surface area (Å²) < 4.78 is 10.7. The molecular weight excluding hydrogens is 412 g/mol. The quantitative estimate of drug-likeness (QED) is 0.415. The van der Waals surface area contributed by atoms with Gasteiger partial charge in [0.15, 0.2) is 0 Å². The van der Waals surface area contributed by atoms with E-state index in [0.717, 1.165) is 16.5 Å². The SMILES string of the molecule is COc1ccc2cc(C=CCNC(=O)OCC3c4ccccc4-c4ccccc43)ccc2n1. The van der Waals surface area contributed by atoms with Crippen molar-refractivity contribution in [2.45, 2.75) is 5.92 Å². The van der Waals surface area contributed by atoms with Crippen LogP contribution in [0.3, 0.4) is 0 Å². The number of carbonyl (C=O) groups excluding carboxylic acids is 1. The van der Waals surface area contributed by atoms with Crippen LogP contribution in [0.25, 0.3) is 28.1 Å². The number of methoxy groups -OCH3 is 1. The average Bonchev–Trinajstić information content (AvgIpc) is 3.18. The van der Waals surface area contributed by atoms with Crippen molar-refractivity contribution in [3.63, 3.8) is 0 Å². The molecule has 0 unspecified atom stereocenters. The summed E-state index contributed by atoms with van der Waals surface area (Å²) in [5.74, 6) is 0.654. The molecule has 5 heteroatoms. The normalized spacial score (nSPS) is 12.5. The number of alkyl carbamates (subject to hydrolysis) is 1. The molecule has 1 amide bonds. The molecule has 33 heavy (non-hydrogen) atoms. The Morgan fingerprint density at radius 3 is 2.42 bits per heavy atom. The minimum Gasteiger partial charge on any atom is -0.481 e. The van der Waals surface area contributed by atoms with E-state index in [1.807, 2.05) is 66.7 Å². The number of aromatic nitrogens is 1. The minimum absolute atomic E-state index is 0.0588. The molecule has 5 nitrogen and oxygen atoms in total. The zero-order chi connectivity index (χ0) is 22.6. The highest BCUT2D eigenvalue weighted by Crippen LogP contribution is 2.44. The molecule has 1 aromatic heterocycles. The van der Waals surface area contributed by atoms with Crippen LogP contribution in [-0.4, -0.2) is 31.3 Å². The van der Waals surface area contributed by atoms with Crippen molar-refractivity contribution in [3.05, 3.63) is 102 Å². The molecule has 0 atom stereocenters. The van der Waals surface area contributed by atoms with Crippen LogP contribution >= 0.6 is 0 Å². The summed E-state index contributed by atoms with van der Waals surface area (Å²) in [4.78, 5) is 16.7. The zero-order valence-corrected chi connectivity index (χ0v) is 18.3. The molecule has 4 aromatic rings. The summed E-state index contributed by atoms with van der Waals surface area (Å²) in [5, 5.41) is 3.83. The van der Waals surface area contributed by atoms with Crippen LogP contribution in [0, 0.1) is 0 Å². The first kappa shape index (κ1) is 20.8. The fourth-order valence-electron chi connectivity index (χ4n) is 4.33. The number of nitrogens with one attached hydrogen (secondary N) is 1. The van der Waals surface area contributed by atoms with Crippen molar-refractivity contribution in [3.8, 4) is 17.0 Å². The van der Waals surface area contributed by atoms with Crippen LogP contribution in [-0.2, 0) is 4.74 Å². The van der Waals surface area contributed by atoms with E-state index < -0.39 is 6.09 Å². The van der Waals surface area contributed by atoms with Gasteiger partial charge in [0.1, 0.15) is 6.61 Å². The molecule has 0 saturated heterocycles. The number of nitrogens with zero attached hydrogens (tertiary/aromatic N) is 1. The fraction of sp³-hybridized carbons (Fsp3) is 0.143. The largest absolute Gasteiger partial charge is 0.481 e. The van der Waals surface area contributed by atoms with Gasteiger partial charge in [-0.15, -0.1) is 0 Å². The van der Waals surface area contributed by atoms with Crippen LogP contribution in [0.5, 0.6) is 5.88 Å². The van der Waals surface area contributed by atoms with E-state index in [1.54, 1.807) is 7.11 Å². The lowest BCUT2D eigenvalue weighted by Crippen LogP contribution is -2.26. The Morgan fingerprint density at radius 1 is 0.970 bits per heavy atom. The van der Waals surface area contributed by atoms with Crippen molar-refractivity contribution in [2.24, 2.45) is 0 Å². The maximum Gasteiger partial charge on any atom is 0.407 e. The van der Waals surface area contributed by atoms with Crippen LogP contribution in [0.4, 0.5) is 4.79 Å². The molecular formula is C28H24N2O3. The molecule has 0 radical (unpaired) electrons. The first-order chi connectivity index (χ1) is 16.2. The van der Waals surface area contributed by atoms with Gasteiger partial charge in [0, 0.05) is 23.9 Å². The zero-order valence-electron chi connectivity index (χ0n) is 18.3. The summed E-state index contributed by atoms with van der Waals surface area (Å²) >= 11 is 0. The van der Waals surface area contributed by atoms with Crippen molar-refractivity contribution < 1.29 is 14.3 Å². The van der Waals surface area contributed by atoms with Gasteiger partial charge in [0.05, 0.1) is 12.6 Å². The molecule has 1 aliphatic carbocycles. The van der Waals surface area contributed by atoms with E-state index in [0.29, 0.717) is 19.0 Å². The van der Waals surface area contributed by atoms with Crippen LogP contribution < -0.4 is 10.1 Å². The summed E-state index contributed by atoms with van der Waals surface area (Å²) in [5.41, 5.74) is 6.75. The summed E-state index contributed by atoms with van der Waals surface area (Å²) in [6.45, 7) is 0.695. The Hall–Kier alpha value is -4.12. The highest BCUT2D eigenvalue weighted by Gasteiger charge is 2.28. The highest BCUT2D eigenvalue weighted by molar-refractivity contribution is 5.82. The summed E-state index contributed by atoms with van der Waals surface area (Å²) in [7, 11) is 1.61. The number of pyridine rings is 1. The fourth-order valence-corrected chi connectivity index (χ4v) is 4.33. The predicted molar refractivity (Wildman–Crippen MR) is 130 cm³/mol. The molecule has 0 spiro atoms. The van der Waals surface area contributed by atoms with Crippen LogP contribution in [0.2, 0.25) is 0 Å². The Kier molecular flexibility index (Phi) is 5.77. The van der Waals surface area contributed by atoms with E-state index in [9.17, 15) is 4.79 Å². The number of fused-ring (bicyclic) bond motifs is 4. The second kappa shape index (κ2) is 9.17. The van der Waals surface area contributed by atoms with Crippen molar-refractivity contribution >= 4 is 23.1 Å². The number of carbonyl (C=O) groups is 1. The van der Waals surface area contributed by atoms with Gasteiger partial charge in [-0.3, -0.25) is 0 Å². The smallest absolute Gasteiger partial charge is 0.407 e. The Labute approximate surface area is 192 Å². The molecule has 1 aliphatic rings. The molecule has 1 heterocycles. The molecule has 0 bridgehead atoms. The maximum atomic E-state index is 12.3. The Morgan fingerprint density at radius 2 is 1.70 bits per heavy atom. The van der Waals surface area contributed by atoms with E-state index in [1.165, 1.54) is 22.3 Å². The van der Waals surface area contributed by atoms with E-state index >= 15 is 0 Å². The Balaban J connectivity index is 1.16. The minimum atomic E-state index is -0.420. The third-order valence-corrected chi connectivity index (χ3v) is 5.92. The average molecular weight is 437 g/mol. The van der Waals surface area contributed by atoms with Crippen LogP contribution in [0.15, 0.2) is 84.9 Å². The van der Waals surface area contributed by atoms with E-state index in [-0.39, 0.29) is 5.92 Å². The summed E-state index contributed by atoms with van der Waals surface area (Å²) in [6, 6.07) is 26.4. The van der Waals surface area contributed by atoms with Gasteiger partial charge >= 0.3 is 6.09 Å². The first-order valence-electron chi connectivity index (χ1n) is 10.9. The topological polar surface area (TPSA) is 60.5 Å². The van der Waals surface area contributed by atoms with Crippen molar-refractivity contribution in [2.75, 3.05) is 20.3 Å². The van der Waals surface area contributed by atoms with Gasteiger partial charge < -0.3 is 14.8 Å². The van der Waals surface area contributed by atoms with Gasteiger partial charge in [-0.05, 0) is 46.0 Å². The number of hydrogen-bond acceptors (Lipinski definition) is 4. The van der Waals surface area contributed by atoms with Gasteiger partial charge in [-0.1, -0.05) is 66.7 Å². The predicted octanol–water partition coefficient (Wildman–Crippen LogP) is 5.80. The molecule has 164 valence electrons. The number of benzene rings is 3. The lowest BCUT2D eigenvalue weighted by molar-refractivity contribution is 0.144. The van der Waals surface area contributed by atoms with E-state index in [2.05, 4.69) is 34.6 Å². The number of hydrogen-bond donors (Lipinski definition) is 1. The highest BCUT2D eigenvalue weighted by atomic mass is 16.5. The third kappa shape index (κ3) is 4.30. The monoisotopic (exact) mass is 436 g/mol. The maximum absolute atomic E-state index is 12.3. The number of amides is 1. The Bertz CT molecular complexity index is 1300. The van der Waals surface area contributed by atoms with Crippen molar-refractivity contribution in [1.82, 2.24) is 10.3 Å². The van der Waals surface area contributed by atoms with Gasteiger partial charge in [-0.2, -0.15) is 0 Å². The molecule has 3 aromatic carbocycles. The van der Waals surface area contributed by atoms with Gasteiger partial charge in [0.25, 0.3) is 0 Å². The number of ether oxygens (including phenoxy) is 2. The van der Waals surface area contributed by atoms with Crippen LogP contribution in [0.1, 0.15) is 22.6 Å². The molecule has 0 fully saturated rings. The third-order valence-electron chi connectivity index (χ3n) is 5.92. The summed E-state index contributed by atoms with van der Waals surface area (Å²) in [6.07, 6.45) is 3.45. The first-order valence-corrected chi connectivity index (χ1v) is 10.9. The van der Waals surface area contributed by atoms with Gasteiger partial charge in [-0.25, -0.2) is 9.78 Å². The van der Waals surface area contributed by atoms with Crippen molar-refractivity contribution in [1.29, 1.82) is 0 Å². The molecule has 0 aliphatic heterocycles. The molecule has 1 N–H and O–H groups in total. The molecule has 0 saturated carbocycles. The van der Waals surface area contributed by atoms with E-state index in [4.69, 9.17) is 9.47 Å². The molecule has 5 rings (SSSR count). The standard InChI is InChI=1S/C28H24N2O3/c1-32-27-15-13-20-17-19(12-14-26(20)30-27)7-6-16-29-28(31)33-18-25-23-10-4-2-8-21(23)22-9-3-5-11-24(22)25/h2-15,17,25H,16,18H2,1H3,(H,29,31). The lowest BCUT2D eigenvalue weighted by Gasteiger charge is -2.14. The second-order valence-electron chi connectivity index (χ2n) is 7.91. The van der Waals surface area contributed by atoms with Gasteiger partial charge in [0.2, 0.25) is 5.88 Å². The number of rotatable bonds is 6.